The summed E-state index contributed by atoms with van der Waals surface area (Å²) in [7, 11) is 1.21. The number of aliphatic hydroxyl groups excluding tert-OH is 2. The van der Waals surface area contributed by atoms with Gasteiger partial charge >= 0.3 is 5.97 Å². The van der Waals surface area contributed by atoms with E-state index in [2.05, 4.69) is 45.9 Å². The predicted molar refractivity (Wildman–Crippen MR) is 145 cm³/mol. The third-order valence-electron chi connectivity index (χ3n) is 5.27. The van der Waals surface area contributed by atoms with Crippen molar-refractivity contribution in [1.82, 2.24) is 16.0 Å². The van der Waals surface area contributed by atoms with Crippen LogP contribution in [0.3, 0.4) is 0 Å². The van der Waals surface area contributed by atoms with Crippen LogP contribution in [0.4, 0.5) is 0 Å². The van der Waals surface area contributed by atoms with E-state index in [0.29, 0.717) is 18.6 Å². The van der Waals surface area contributed by atoms with Crippen LogP contribution in [0.5, 0.6) is 0 Å². The Bertz CT molecular complexity index is 734. The first-order valence-corrected chi connectivity index (χ1v) is 13.3. The van der Waals surface area contributed by atoms with Crippen molar-refractivity contribution in [1.29, 1.82) is 0 Å². The van der Waals surface area contributed by atoms with Gasteiger partial charge in [0.1, 0.15) is 12.1 Å². The molecular weight excluding hydrogens is 506 g/mol. The molecule has 0 saturated carbocycles. The average molecular weight is 550 g/mol. The van der Waals surface area contributed by atoms with Crippen molar-refractivity contribution in [3.63, 3.8) is 0 Å². The maximum atomic E-state index is 13.0. The van der Waals surface area contributed by atoms with E-state index in [1.165, 1.54) is 13.2 Å². The van der Waals surface area contributed by atoms with E-state index in [1.807, 2.05) is 13.8 Å². The van der Waals surface area contributed by atoms with Gasteiger partial charge in [-0.05, 0) is 30.4 Å². The third kappa shape index (κ3) is 14.1. The number of thiol groups is 2. The zero-order valence-corrected chi connectivity index (χ0v) is 23.6. The summed E-state index contributed by atoms with van der Waals surface area (Å²) < 4.78 is 4.58. The lowest BCUT2D eigenvalue weighted by Gasteiger charge is -2.29. The molecule has 12 heteroatoms. The Labute approximate surface area is 225 Å². The van der Waals surface area contributed by atoms with Crippen molar-refractivity contribution in [2.75, 3.05) is 18.6 Å². The maximum absolute atomic E-state index is 13.0. The highest BCUT2D eigenvalue weighted by Gasteiger charge is 2.31. The van der Waals surface area contributed by atoms with Gasteiger partial charge in [0.2, 0.25) is 17.7 Å². The molecule has 0 bridgehead atoms. The minimum atomic E-state index is -1.18. The number of nitrogens with one attached hydrogen (secondary N) is 3. The fraction of sp³-hybridized carbons (Fsp3) is 0.750. The topological polar surface area (TPSA) is 154 Å². The number of ether oxygens (including phenoxy) is 1. The van der Waals surface area contributed by atoms with Crippen LogP contribution in [-0.4, -0.2) is 82.9 Å². The molecule has 5 N–H and O–H groups in total. The molecule has 0 aromatic heterocycles. The molecule has 0 rings (SSSR count). The van der Waals surface area contributed by atoms with Crippen molar-refractivity contribution in [3.05, 3.63) is 12.2 Å². The molecule has 208 valence electrons. The first-order valence-electron chi connectivity index (χ1n) is 12.1. The van der Waals surface area contributed by atoms with Crippen LogP contribution in [0, 0.1) is 11.8 Å². The molecule has 0 aliphatic carbocycles. The van der Waals surface area contributed by atoms with Gasteiger partial charge in [-0.1, -0.05) is 39.8 Å². The molecule has 0 fully saturated rings. The van der Waals surface area contributed by atoms with Crippen molar-refractivity contribution < 1.29 is 34.1 Å². The van der Waals surface area contributed by atoms with E-state index in [1.54, 1.807) is 19.9 Å². The second-order valence-corrected chi connectivity index (χ2v) is 10.1. The molecular formula is C24H43N3O7S2. The van der Waals surface area contributed by atoms with E-state index in [-0.39, 0.29) is 30.4 Å². The van der Waals surface area contributed by atoms with Gasteiger partial charge in [-0.2, -0.15) is 25.3 Å². The van der Waals surface area contributed by atoms with E-state index in [0.717, 1.165) is 0 Å². The molecule has 0 heterocycles. The van der Waals surface area contributed by atoms with Crippen LogP contribution in [0.15, 0.2) is 12.2 Å². The Morgan fingerprint density at radius 3 is 2.03 bits per heavy atom. The highest BCUT2D eigenvalue weighted by molar-refractivity contribution is 7.80. The van der Waals surface area contributed by atoms with Crippen molar-refractivity contribution in [2.45, 2.75) is 83.7 Å². The molecule has 3 amide bonds. The average Bonchev–Trinajstić information content (AvgIpc) is 2.79. The van der Waals surface area contributed by atoms with E-state index in [9.17, 15) is 29.4 Å². The lowest BCUT2D eigenvalue weighted by atomic mass is 9.96. The number of esters is 1. The number of carbonyl (C=O) groups is 4. The van der Waals surface area contributed by atoms with Crippen molar-refractivity contribution in [2.24, 2.45) is 11.8 Å². The molecule has 5 atom stereocenters. The third-order valence-corrected chi connectivity index (χ3v) is 5.89. The molecule has 0 aromatic rings. The summed E-state index contributed by atoms with van der Waals surface area (Å²) >= 11 is 8.25. The highest BCUT2D eigenvalue weighted by atomic mass is 32.1. The number of hydrogen-bond acceptors (Lipinski definition) is 9. The van der Waals surface area contributed by atoms with Crippen LogP contribution in [0.25, 0.3) is 0 Å². The number of allylic oxidation sites excluding steroid dienone is 1. The number of rotatable bonds is 17. The van der Waals surface area contributed by atoms with Gasteiger partial charge in [0.25, 0.3) is 0 Å². The molecule has 0 saturated heterocycles. The van der Waals surface area contributed by atoms with Crippen molar-refractivity contribution >= 4 is 48.9 Å². The van der Waals surface area contributed by atoms with Gasteiger partial charge in [0.15, 0.2) is 0 Å². The molecule has 0 spiro atoms. The number of hydrogen-bond donors (Lipinski definition) is 7. The largest absolute Gasteiger partial charge is 0.469 e. The SMILES string of the molecule is COC(=O)C[C@H](O)[C@H](NC(=O)[C@@H](CS)NC(=O)[C@@H](CC(C)C)NC(=O)C[C@H](O)/C=C/CCS)C(C)C. The Morgan fingerprint density at radius 2 is 1.53 bits per heavy atom. The Kier molecular flexibility index (Phi) is 17.6. The fourth-order valence-electron chi connectivity index (χ4n) is 3.36. The number of amides is 3. The summed E-state index contributed by atoms with van der Waals surface area (Å²) in [5.41, 5.74) is 0. The molecule has 0 unspecified atom stereocenters. The minimum absolute atomic E-state index is 0.0352. The summed E-state index contributed by atoms with van der Waals surface area (Å²) in [6.07, 6.45) is 1.53. The predicted octanol–water partition coefficient (Wildman–Crippen LogP) is 0.624. The van der Waals surface area contributed by atoms with Gasteiger partial charge in [0.05, 0.1) is 38.2 Å². The van der Waals surface area contributed by atoms with Crippen LogP contribution in [0.2, 0.25) is 0 Å². The zero-order valence-electron chi connectivity index (χ0n) is 21.8. The van der Waals surface area contributed by atoms with Gasteiger partial charge in [-0.25, -0.2) is 0 Å². The fourth-order valence-corrected chi connectivity index (χ4v) is 3.77. The maximum Gasteiger partial charge on any atom is 0.308 e. The van der Waals surface area contributed by atoms with E-state index in [4.69, 9.17) is 0 Å². The van der Waals surface area contributed by atoms with Gasteiger partial charge < -0.3 is 30.9 Å². The molecule has 0 radical (unpaired) electrons. The second kappa shape index (κ2) is 18.5. The number of carbonyl (C=O) groups excluding carboxylic acids is 4. The molecule has 10 nitrogen and oxygen atoms in total. The summed E-state index contributed by atoms with van der Waals surface area (Å²) in [6, 6.07) is -2.74. The summed E-state index contributed by atoms with van der Waals surface area (Å²) in [5, 5.41) is 28.3. The van der Waals surface area contributed by atoms with Crippen LogP contribution in [0.1, 0.15) is 53.4 Å². The molecule has 0 aliphatic heterocycles. The van der Waals surface area contributed by atoms with E-state index < -0.39 is 54.0 Å². The highest BCUT2D eigenvalue weighted by Crippen LogP contribution is 2.12. The minimum Gasteiger partial charge on any atom is -0.469 e. The second-order valence-electron chi connectivity index (χ2n) is 9.33. The Balaban J connectivity index is 5.29. The molecule has 36 heavy (non-hydrogen) atoms. The van der Waals surface area contributed by atoms with Gasteiger partial charge in [-0.3, -0.25) is 19.2 Å². The van der Waals surface area contributed by atoms with Crippen LogP contribution >= 0.6 is 25.3 Å². The number of methoxy groups -OCH3 is 1. The van der Waals surface area contributed by atoms with Crippen LogP contribution < -0.4 is 16.0 Å². The normalized spacial score (nSPS) is 15.8. The number of aliphatic hydroxyl groups is 2. The summed E-state index contributed by atoms with van der Waals surface area (Å²) in [5.74, 6) is -1.84. The van der Waals surface area contributed by atoms with E-state index >= 15 is 0 Å². The first-order chi connectivity index (χ1) is 16.9. The van der Waals surface area contributed by atoms with Gasteiger partial charge in [-0.15, -0.1) is 0 Å². The zero-order chi connectivity index (χ0) is 27.8. The Morgan fingerprint density at radius 1 is 0.917 bits per heavy atom. The monoisotopic (exact) mass is 549 g/mol. The molecule has 0 aromatic carbocycles. The standard InChI is InChI=1S/C24H43N3O7S2/c1-14(2)10-17(25-20(30)11-16(28)8-6-7-9-35)23(32)26-18(13-36)24(33)27-22(15(3)4)19(29)12-21(31)34-5/h6,8,14-19,22,28-29,35-36H,7,9-13H2,1-5H3,(H,25,30)(H,26,32)(H,27,33)/b8-6+/t16-,17-,18-,19+,22-/m1/s1. The quantitative estimate of drug-likeness (QED) is 0.0797. The lowest BCUT2D eigenvalue weighted by Crippen LogP contribution is -2.58. The van der Waals surface area contributed by atoms with Crippen molar-refractivity contribution in [3.8, 4) is 0 Å². The molecule has 0 aliphatic rings. The first kappa shape index (κ1) is 34.2. The van der Waals surface area contributed by atoms with Gasteiger partial charge in [0, 0.05) is 5.75 Å². The smallest absolute Gasteiger partial charge is 0.308 e. The lowest BCUT2D eigenvalue weighted by molar-refractivity contribution is -0.144. The van der Waals surface area contributed by atoms with Crippen LogP contribution in [-0.2, 0) is 23.9 Å². The summed E-state index contributed by atoms with van der Waals surface area (Å²) in [6.45, 7) is 7.33. The summed E-state index contributed by atoms with van der Waals surface area (Å²) in [4.78, 5) is 49.8. The Hall–Kier alpha value is -1.76.